The van der Waals surface area contributed by atoms with Crippen LogP contribution < -0.4 is 5.32 Å². The number of methoxy groups -OCH3 is 1. The number of nitrogens with one attached hydrogen (secondary N) is 1. The molecule has 5 nitrogen and oxygen atoms in total. The molecular formula is C20H21NO4. The van der Waals surface area contributed by atoms with Gasteiger partial charge in [-0.15, -0.1) is 0 Å². The van der Waals surface area contributed by atoms with Crippen LogP contribution >= 0.6 is 0 Å². The van der Waals surface area contributed by atoms with E-state index in [1.807, 2.05) is 60.7 Å². The van der Waals surface area contributed by atoms with Crippen molar-refractivity contribution in [2.75, 3.05) is 7.11 Å². The number of hydrogen-bond donors (Lipinski definition) is 1. The Morgan fingerprint density at radius 1 is 1.08 bits per heavy atom. The fraction of sp³-hybridized carbons (Fsp3) is 0.300. The number of carbonyl (C=O) groups excluding carboxylic acids is 2. The van der Waals surface area contributed by atoms with E-state index in [1.54, 1.807) is 0 Å². The molecule has 0 aromatic heterocycles. The maximum absolute atomic E-state index is 12.2. The van der Waals surface area contributed by atoms with E-state index >= 15 is 0 Å². The molecule has 1 aliphatic rings. The van der Waals surface area contributed by atoms with Gasteiger partial charge in [-0.1, -0.05) is 60.7 Å². The van der Waals surface area contributed by atoms with Gasteiger partial charge >= 0.3 is 12.1 Å². The van der Waals surface area contributed by atoms with Crippen molar-refractivity contribution in [3.05, 3.63) is 71.8 Å². The third kappa shape index (κ3) is 4.38. The quantitative estimate of drug-likeness (QED) is 0.819. The highest BCUT2D eigenvalue weighted by atomic mass is 16.5. The Hall–Kier alpha value is -2.82. The molecule has 3 atom stereocenters. The normalized spacial score (nSPS) is 19.6. The minimum atomic E-state index is -0.492. The lowest BCUT2D eigenvalue weighted by atomic mass is 10.0. The Balaban J connectivity index is 1.64. The number of esters is 1. The lowest BCUT2D eigenvalue weighted by Gasteiger charge is -2.19. The van der Waals surface area contributed by atoms with Gasteiger partial charge in [0.2, 0.25) is 0 Å². The highest BCUT2D eigenvalue weighted by Crippen LogP contribution is 2.48. The van der Waals surface area contributed by atoms with Gasteiger partial charge in [0, 0.05) is 0 Å². The summed E-state index contributed by atoms with van der Waals surface area (Å²) in [4.78, 5) is 24.0. The average molecular weight is 339 g/mol. The van der Waals surface area contributed by atoms with Gasteiger partial charge < -0.3 is 14.8 Å². The van der Waals surface area contributed by atoms with Crippen molar-refractivity contribution >= 4 is 12.1 Å². The van der Waals surface area contributed by atoms with Crippen LogP contribution in [0.25, 0.3) is 0 Å². The average Bonchev–Trinajstić information content (AvgIpc) is 3.46. The van der Waals surface area contributed by atoms with Crippen molar-refractivity contribution in [2.45, 2.75) is 19.1 Å². The van der Waals surface area contributed by atoms with Gasteiger partial charge in [0.1, 0.15) is 6.61 Å². The number of alkyl carbamates (subject to hydrolysis) is 1. The van der Waals surface area contributed by atoms with Gasteiger partial charge in [-0.25, -0.2) is 4.79 Å². The van der Waals surface area contributed by atoms with Gasteiger partial charge in [0.15, 0.2) is 0 Å². The molecule has 25 heavy (non-hydrogen) atoms. The Morgan fingerprint density at radius 2 is 1.72 bits per heavy atom. The molecule has 0 saturated heterocycles. The monoisotopic (exact) mass is 339 g/mol. The van der Waals surface area contributed by atoms with Crippen molar-refractivity contribution < 1.29 is 19.1 Å². The Kier molecular flexibility index (Phi) is 5.33. The molecule has 2 aromatic rings. The van der Waals surface area contributed by atoms with Crippen LogP contribution in [0.2, 0.25) is 0 Å². The fourth-order valence-corrected chi connectivity index (χ4v) is 3.00. The molecule has 0 bridgehead atoms. The molecule has 1 aliphatic carbocycles. The van der Waals surface area contributed by atoms with Crippen molar-refractivity contribution in [2.24, 2.45) is 11.8 Å². The van der Waals surface area contributed by atoms with Crippen LogP contribution in [0.5, 0.6) is 0 Å². The zero-order valence-corrected chi connectivity index (χ0v) is 14.1. The van der Waals surface area contributed by atoms with Crippen molar-refractivity contribution in [3.8, 4) is 0 Å². The highest BCUT2D eigenvalue weighted by molar-refractivity contribution is 5.76. The summed E-state index contributed by atoms with van der Waals surface area (Å²) in [5, 5.41) is 2.91. The Bertz CT molecular complexity index is 717. The summed E-state index contributed by atoms with van der Waals surface area (Å²) in [6.07, 6.45) is 0.207. The van der Waals surface area contributed by atoms with Gasteiger partial charge in [0.25, 0.3) is 0 Å². The van der Waals surface area contributed by atoms with Crippen molar-refractivity contribution in [1.82, 2.24) is 5.32 Å². The summed E-state index contributed by atoms with van der Waals surface area (Å²) in [6, 6.07) is 18.9. The van der Waals surface area contributed by atoms with Crippen LogP contribution in [0.1, 0.15) is 23.6 Å². The fourth-order valence-electron chi connectivity index (χ4n) is 3.00. The van der Waals surface area contributed by atoms with Crippen LogP contribution in [0.4, 0.5) is 4.79 Å². The van der Waals surface area contributed by atoms with E-state index in [9.17, 15) is 9.59 Å². The molecule has 0 spiro atoms. The summed E-state index contributed by atoms with van der Waals surface area (Å²) in [5.74, 6) is -0.380. The second-order valence-electron chi connectivity index (χ2n) is 6.12. The summed E-state index contributed by atoms with van der Waals surface area (Å²) in [7, 11) is 1.39. The number of benzene rings is 2. The van der Waals surface area contributed by atoms with Crippen LogP contribution in [0.15, 0.2) is 60.7 Å². The number of amides is 1. The van der Waals surface area contributed by atoms with E-state index in [-0.39, 0.29) is 30.5 Å². The molecular weight excluding hydrogens is 318 g/mol. The van der Waals surface area contributed by atoms with E-state index in [1.165, 1.54) is 7.11 Å². The van der Waals surface area contributed by atoms with E-state index in [0.29, 0.717) is 6.42 Å². The second kappa shape index (κ2) is 7.83. The van der Waals surface area contributed by atoms with E-state index in [2.05, 4.69) is 5.32 Å². The summed E-state index contributed by atoms with van der Waals surface area (Å²) in [5.41, 5.74) is 1.88. The molecule has 1 saturated carbocycles. The molecule has 2 aromatic carbocycles. The first kappa shape index (κ1) is 17.0. The van der Waals surface area contributed by atoms with E-state index in [0.717, 1.165) is 11.1 Å². The van der Waals surface area contributed by atoms with Gasteiger partial charge in [-0.3, -0.25) is 4.79 Å². The lowest BCUT2D eigenvalue weighted by molar-refractivity contribution is -0.142. The van der Waals surface area contributed by atoms with Crippen LogP contribution in [0, 0.1) is 11.8 Å². The maximum atomic E-state index is 12.2. The molecule has 0 unspecified atom stereocenters. The number of hydrogen-bond acceptors (Lipinski definition) is 4. The first-order chi connectivity index (χ1) is 12.2. The molecule has 1 fully saturated rings. The molecule has 130 valence electrons. The standard InChI is InChI=1S/C20H21NO4/c1-24-19(22)17-12-16(17)18(15-10-6-3-7-11-15)21-20(23)25-13-14-8-4-2-5-9-14/h2-11,16-18H,12-13H2,1H3,(H,21,23)/t16-,17+,18-/m1/s1. The molecule has 0 heterocycles. The summed E-state index contributed by atoms with van der Waals surface area (Å²) >= 11 is 0. The molecule has 0 radical (unpaired) electrons. The van der Waals surface area contributed by atoms with E-state index in [4.69, 9.17) is 9.47 Å². The second-order valence-corrected chi connectivity index (χ2v) is 6.12. The van der Waals surface area contributed by atoms with Crippen molar-refractivity contribution in [3.63, 3.8) is 0 Å². The molecule has 3 rings (SSSR count). The largest absolute Gasteiger partial charge is 0.469 e. The lowest BCUT2D eigenvalue weighted by Crippen LogP contribution is -2.31. The summed E-state index contributed by atoms with van der Waals surface area (Å²) in [6.45, 7) is 0.208. The van der Waals surface area contributed by atoms with Crippen LogP contribution in [-0.4, -0.2) is 19.2 Å². The highest BCUT2D eigenvalue weighted by Gasteiger charge is 2.49. The van der Waals surface area contributed by atoms with Crippen LogP contribution in [-0.2, 0) is 20.9 Å². The summed E-state index contributed by atoms with van der Waals surface area (Å²) < 4.78 is 10.1. The first-order valence-electron chi connectivity index (χ1n) is 8.29. The maximum Gasteiger partial charge on any atom is 0.407 e. The Labute approximate surface area is 147 Å². The minimum absolute atomic E-state index is 0.0270. The number of carbonyl (C=O) groups is 2. The third-order valence-electron chi connectivity index (χ3n) is 4.42. The predicted octanol–water partition coefficient (Wildman–Crippen LogP) is 3.46. The third-order valence-corrected chi connectivity index (χ3v) is 4.42. The van der Waals surface area contributed by atoms with Gasteiger partial charge in [-0.2, -0.15) is 0 Å². The number of ether oxygens (including phenoxy) is 2. The van der Waals surface area contributed by atoms with E-state index < -0.39 is 6.09 Å². The van der Waals surface area contributed by atoms with Crippen LogP contribution in [0.3, 0.4) is 0 Å². The van der Waals surface area contributed by atoms with Gasteiger partial charge in [-0.05, 0) is 23.5 Å². The molecule has 0 aliphatic heterocycles. The van der Waals surface area contributed by atoms with Gasteiger partial charge in [0.05, 0.1) is 19.1 Å². The predicted molar refractivity (Wildman–Crippen MR) is 92.6 cm³/mol. The zero-order valence-electron chi connectivity index (χ0n) is 14.1. The molecule has 1 N–H and O–H groups in total. The molecule has 1 amide bonds. The van der Waals surface area contributed by atoms with Crippen molar-refractivity contribution in [1.29, 1.82) is 0 Å². The zero-order chi connectivity index (χ0) is 17.6. The SMILES string of the molecule is COC(=O)[C@H]1C[C@H]1[C@H](NC(=O)OCc1ccccc1)c1ccccc1. The smallest absolute Gasteiger partial charge is 0.407 e. The number of rotatable bonds is 6. The topological polar surface area (TPSA) is 64.6 Å². The first-order valence-corrected chi connectivity index (χ1v) is 8.29. The Morgan fingerprint density at radius 3 is 2.36 bits per heavy atom. The minimum Gasteiger partial charge on any atom is -0.469 e. The molecule has 5 heteroatoms.